The van der Waals surface area contributed by atoms with E-state index in [2.05, 4.69) is 31.8 Å². The van der Waals surface area contributed by atoms with Gasteiger partial charge in [0.25, 0.3) is 5.91 Å². The fourth-order valence-corrected chi connectivity index (χ4v) is 3.03. The standard InChI is InChI=1S/C12H14BrN3O2S/c1-18-9-4-2-3-8(5-9)11(17)15-16-12-14-7-10(6-13)19-12/h2-5,10H,6-7H2,1H3,(H,14,16)(H,15,17)/p+1. The number of thioether (sulfide) groups is 1. The Kier molecular flexibility index (Phi) is 5.09. The number of hydrogen-bond donors (Lipinski definition) is 3. The third-order valence-corrected chi connectivity index (χ3v) is 4.93. The van der Waals surface area contributed by atoms with Crippen LogP contribution in [0.15, 0.2) is 24.3 Å². The van der Waals surface area contributed by atoms with Gasteiger partial charge in [-0.3, -0.25) is 9.79 Å². The van der Waals surface area contributed by atoms with Gasteiger partial charge in [-0.05, 0) is 30.0 Å². The number of carbonyl (C=O) groups is 1. The predicted octanol–water partition coefficient (Wildman–Crippen LogP) is -0.123. The van der Waals surface area contributed by atoms with Gasteiger partial charge in [-0.1, -0.05) is 22.0 Å². The number of nitrogens with one attached hydrogen (secondary N) is 3. The summed E-state index contributed by atoms with van der Waals surface area (Å²) in [6.07, 6.45) is 0. The molecule has 0 radical (unpaired) electrons. The summed E-state index contributed by atoms with van der Waals surface area (Å²) < 4.78 is 5.08. The summed E-state index contributed by atoms with van der Waals surface area (Å²) in [6.45, 7) is 0.882. The molecule has 0 spiro atoms. The lowest BCUT2D eigenvalue weighted by Crippen LogP contribution is -2.74. The highest BCUT2D eigenvalue weighted by Gasteiger charge is 2.24. The molecule has 19 heavy (non-hydrogen) atoms. The van der Waals surface area contributed by atoms with Crippen LogP contribution in [0.5, 0.6) is 5.75 Å². The number of methoxy groups -OCH3 is 1. The Labute approximate surface area is 124 Å². The molecular formula is C12H15BrN3O2S+. The van der Waals surface area contributed by atoms with Crippen LogP contribution >= 0.6 is 27.7 Å². The van der Waals surface area contributed by atoms with Gasteiger partial charge in [-0.25, -0.2) is 0 Å². The number of ether oxygens (including phenoxy) is 1. The molecule has 3 N–H and O–H groups in total. The van der Waals surface area contributed by atoms with E-state index in [4.69, 9.17) is 4.74 Å². The quantitative estimate of drug-likeness (QED) is 0.528. The molecule has 2 rings (SSSR count). The average molecular weight is 345 g/mol. The number of carbonyl (C=O) groups excluding carboxylic acids is 1. The molecule has 1 heterocycles. The summed E-state index contributed by atoms with van der Waals surface area (Å²) in [7, 11) is 1.57. The fourth-order valence-electron chi connectivity index (χ4n) is 1.57. The maximum atomic E-state index is 11.9. The number of hydrogen-bond acceptors (Lipinski definition) is 4. The molecule has 0 fully saturated rings. The van der Waals surface area contributed by atoms with Gasteiger partial charge in [-0.15, -0.1) is 0 Å². The Balaban J connectivity index is 1.87. The van der Waals surface area contributed by atoms with Crippen molar-refractivity contribution in [2.24, 2.45) is 0 Å². The van der Waals surface area contributed by atoms with E-state index in [1.165, 1.54) is 0 Å². The van der Waals surface area contributed by atoms with Crippen molar-refractivity contribution in [3.8, 4) is 5.75 Å². The highest BCUT2D eigenvalue weighted by atomic mass is 79.9. The molecule has 102 valence electrons. The number of amidine groups is 1. The molecule has 1 unspecified atom stereocenters. The molecule has 0 aliphatic carbocycles. The van der Waals surface area contributed by atoms with Gasteiger partial charge in [0.15, 0.2) is 0 Å². The lowest BCUT2D eigenvalue weighted by molar-refractivity contribution is -0.450. The molecule has 7 heteroatoms. The maximum absolute atomic E-state index is 11.9. The second-order valence-electron chi connectivity index (χ2n) is 3.92. The molecule has 1 amide bonds. The maximum Gasteiger partial charge on any atom is 0.328 e. The summed E-state index contributed by atoms with van der Waals surface area (Å²) in [5.74, 6) is 0.462. The van der Waals surface area contributed by atoms with Crippen molar-refractivity contribution in [2.45, 2.75) is 5.25 Å². The van der Waals surface area contributed by atoms with Crippen molar-refractivity contribution >= 4 is 38.8 Å². The van der Waals surface area contributed by atoms with E-state index in [0.717, 1.165) is 17.0 Å². The van der Waals surface area contributed by atoms with E-state index in [1.54, 1.807) is 43.1 Å². The van der Waals surface area contributed by atoms with Crippen LogP contribution in [0.2, 0.25) is 0 Å². The van der Waals surface area contributed by atoms with E-state index in [0.29, 0.717) is 16.6 Å². The van der Waals surface area contributed by atoms with E-state index in [1.807, 2.05) is 0 Å². The van der Waals surface area contributed by atoms with Gasteiger partial charge >= 0.3 is 5.17 Å². The Morgan fingerprint density at radius 3 is 3.16 bits per heavy atom. The molecule has 1 aliphatic rings. The normalized spacial score (nSPS) is 17.8. The molecular weight excluding hydrogens is 330 g/mol. The first-order valence-electron chi connectivity index (χ1n) is 5.77. The molecule has 0 saturated heterocycles. The molecule has 0 aromatic heterocycles. The zero-order valence-electron chi connectivity index (χ0n) is 10.4. The minimum absolute atomic E-state index is 0.198. The van der Waals surface area contributed by atoms with E-state index < -0.39 is 0 Å². The van der Waals surface area contributed by atoms with Crippen molar-refractivity contribution < 1.29 is 14.5 Å². The summed E-state index contributed by atoms with van der Waals surface area (Å²) >= 11 is 5.10. The van der Waals surface area contributed by atoms with Crippen LogP contribution in [-0.2, 0) is 0 Å². The summed E-state index contributed by atoms with van der Waals surface area (Å²) in [5.41, 5.74) is 6.09. The van der Waals surface area contributed by atoms with Gasteiger partial charge in [0.2, 0.25) is 0 Å². The largest absolute Gasteiger partial charge is 0.497 e. The van der Waals surface area contributed by atoms with Crippen LogP contribution in [0.4, 0.5) is 0 Å². The summed E-state index contributed by atoms with van der Waals surface area (Å²) in [6, 6.07) is 7.01. The molecule has 1 atom stereocenters. The van der Waals surface area contributed by atoms with Crippen LogP contribution in [0.1, 0.15) is 10.4 Å². The Bertz CT molecular complexity index is 496. The van der Waals surface area contributed by atoms with Crippen LogP contribution in [0.3, 0.4) is 0 Å². The monoisotopic (exact) mass is 344 g/mol. The minimum Gasteiger partial charge on any atom is -0.497 e. The third-order valence-electron chi connectivity index (χ3n) is 2.57. The topological polar surface area (TPSA) is 64.3 Å². The minimum atomic E-state index is -0.198. The van der Waals surface area contributed by atoms with Crippen molar-refractivity contribution in [2.75, 3.05) is 19.0 Å². The number of amides is 1. The summed E-state index contributed by atoms with van der Waals surface area (Å²) in [5, 5.41) is 2.26. The van der Waals surface area contributed by atoms with Crippen LogP contribution in [0, 0.1) is 0 Å². The van der Waals surface area contributed by atoms with Crippen molar-refractivity contribution in [1.82, 2.24) is 10.9 Å². The fraction of sp³-hybridized carbons (Fsp3) is 0.333. The first kappa shape index (κ1) is 14.2. The lowest BCUT2D eigenvalue weighted by atomic mass is 10.2. The first-order valence-corrected chi connectivity index (χ1v) is 7.77. The van der Waals surface area contributed by atoms with Crippen molar-refractivity contribution in [3.63, 3.8) is 0 Å². The molecule has 0 bridgehead atoms. The Hall–Kier alpha value is -1.21. The third kappa shape index (κ3) is 3.87. The lowest BCUT2D eigenvalue weighted by Gasteiger charge is -2.04. The van der Waals surface area contributed by atoms with Crippen LogP contribution < -0.4 is 20.6 Å². The zero-order valence-corrected chi connectivity index (χ0v) is 12.8. The van der Waals surface area contributed by atoms with Crippen LogP contribution in [0.25, 0.3) is 0 Å². The van der Waals surface area contributed by atoms with Crippen molar-refractivity contribution in [1.29, 1.82) is 0 Å². The second-order valence-corrected chi connectivity index (χ2v) is 5.87. The highest BCUT2D eigenvalue weighted by molar-refractivity contribution is 9.09. The van der Waals surface area contributed by atoms with Gasteiger partial charge in [0.1, 0.15) is 5.75 Å². The Morgan fingerprint density at radius 2 is 2.47 bits per heavy atom. The molecule has 1 aliphatic heterocycles. The number of benzene rings is 1. The molecule has 0 saturated carbocycles. The smallest absolute Gasteiger partial charge is 0.328 e. The van der Waals surface area contributed by atoms with Crippen LogP contribution in [-0.4, -0.2) is 35.3 Å². The van der Waals surface area contributed by atoms with Gasteiger partial charge in [0, 0.05) is 10.9 Å². The highest BCUT2D eigenvalue weighted by Crippen LogP contribution is 2.14. The number of rotatable bonds is 3. The SMILES string of the molecule is COc1cccc(C(=O)NNC2=[NH+]CC(CBr)S2)c1. The van der Waals surface area contributed by atoms with Gasteiger partial charge < -0.3 is 4.74 Å². The zero-order chi connectivity index (χ0) is 13.7. The second kappa shape index (κ2) is 6.81. The van der Waals surface area contributed by atoms with Gasteiger partial charge in [-0.2, -0.15) is 10.9 Å². The molecule has 1 aromatic carbocycles. The Morgan fingerprint density at radius 1 is 1.63 bits per heavy atom. The van der Waals surface area contributed by atoms with Gasteiger partial charge in [0.05, 0.1) is 18.9 Å². The average Bonchev–Trinajstić information content (AvgIpc) is 2.93. The molecule has 1 aromatic rings. The first-order chi connectivity index (χ1) is 9.22. The number of halogens is 1. The molecule has 5 nitrogen and oxygen atoms in total. The predicted molar refractivity (Wildman–Crippen MR) is 79.6 cm³/mol. The van der Waals surface area contributed by atoms with E-state index in [-0.39, 0.29) is 5.91 Å². The number of alkyl halides is 1. The number of hydrazine groups is 1. The van der Waals surface area contributed by atoms with E-state index >= 15 is 0 Å². The summed E-state index contributed by atoms with van der Waals surface area (Å²) in [4.78, 5) is 15.1. The van der Waals surface area contributed by atoms with E-state index in [9.17, 15) is 4.79 Å². The van der Waals surface area contributed by atoms with Crippen molar-refractivity contribution in [3.05, 3.63) is 29.8 Å².